The molecule has 40 heavy (non-hydrogen) atoms. The summed E-state index contributed by atoms with van der Waals surface area (Å²) < 4.78 is 28.1. The third-order valence-corrected chi connectivity index (χ3v) is 6.26. The van der Waals surface area contributed by atoms with Gasteiger partial charge in [-0.2, -0.15) is 0 Å². The van der Waals surface area contributed by atoms with E-state index in [1.165, 1.54) is 0 Å². The molecule has 1 aromatic rings. The number of aryl methyl sites for hydroxylation is 1. The molecule has 4 unspecified atom stereocenters. The van der Waals surface area contributed by atoms with Crippen LogP contribution < -0.4 is 5.48 Å². The monoisotopic (exact) mass is 575 g/mol. The number of hydroxylamine groups is 1. The molecule has 0 saturated carbocycles. The van der Waals surface area contributed by atoms with Gasteiger partial charge < -0.3 is 54.3 Å². The number of pyridine rings is 1. The summed E-state index contributed by atoms with van der Waals surface area (Å²) in [5.74, 6) is 0. The van der Waals surface area contributed by atoms with Gasteiger partial charge in [-0.3, -0.25) is 9.82 Å². The van der Waals surface area contributed by atoms with Crippen molar-refractivity contribution in [3.05, 3.63) is 35.9 Å². The molecule has 2 fully saturated rings. The van der Waals surface area contributed by atoms with Gasteiger partial charge in [-0.15, -0.1) is 0 Å². The van der Waals surface area contributed by atoms with Gasteiger partial charge in [0, 0.05) is 18.9 Å². The summed E-state index contributed by atoms with van der Waals surface area (Å²) in [6.07, 6.45) is -8.97. The highest BCUT2D eigenvalue weighted by Gasteiger charge is 2.52. The van der Waals surface area contributed by atoms with E-state index < -0.39 is 80.2 Å². The molecule has 7 N–H and O–H groups in total. The van der Waals surface area contributed by atoms with Crippen molar-refractivity contribution in [1.82, 2.24) is 10.5 Å². The second-order valence-electron chi connectivity index (χ2n) is 10.9. The molecule has 3 heterocycles. The standard InChI is InChI=1S/C26H43N2O12/c1-14-8-15(10-27-9-14)13-36-28-6-5-7-35-24-20(33)18(31)22(16(11-29)37-24)39-25-21(34)19(32)23(17(12-30)38-25)40-26(2,3)4/h8-10,16-24,28-34H,5-7,11-13H2,1-4H3/t16?,17?,18-,19-,20?,21?,22+,23+,24-/m0/s1. The third kappa shape index (κ3) is 9.06. The average Bonchev–Trinajstić information content (AvgIpc) is 2.90. The zero-order chi connectivity index (χ0) is 29.4. The Balaban J connectivity index is 1.47. The lowest BCUT2D eigenvalue weighted by molar-refractivity contribution is -0.332. The molecule has 2 aliphatic rings. The Hall–Kier alpha value is -1.37. The first-order valence-corrected chi connectivity index (χ1v) is 13.3. The highest BCUT2D eigenvalue weighted by atomic mass is 16.7. The molecular weight excluding hydrogens is 532 g/mol. The fraction of sp³-hybridized carbons (Fsp3) is 0.769. The van der Waals surface area contributed by atoms with Gasteiger partial charge in [0.1, 0.15) is 48.8 Å². The number of nitrogens with one attached hydrogen (secondary N) is 1. The molecule has 14 nitrogen and oxygen atoms in total. The normalized spacial score (nSPS) is 33.8. The molecule has 2 saturated heterocycles. The highest BCUT2D eigenvalue weighted by molar-refractivity contribution is 5.15. The fourth-order valence-electron chi connectivity index (χ4n) is 4.33. The van der Waals surface area contributed by atoms with Gasteiger partial charge in [-0.1, -0.05) is 6.07 Å². The van der Waals surface area contributed by atoms with Gasteiger partial charge in [0.25, 0.3) is 6.29 Å². The number of aliphatic hydroxyl groups excluding tert-OH is 6. The maximum absolute atomic E-state index is 10.7. The first-order chi connectivity index (χ1) is 18.9. The van der Waals surface area contributed by atoms with Gasteiger partial charge in [0.15, 0.2) is 6.29 Å². The van der Waals surface area contributed by atoms with Crippen LogP contribution in [-0.4, -0.2) is 123 Å². The molecule has 2 aliphatic heterocycles. The minimum absolute atomic E-state index is 0.138. The van der Waals surface area contributed by atoms with Gasteiger partial charge >= 0.3 is 0 Å². The van der Waals surface area contributed by atoms with Crippen LogP contribution in [0.3, 0.4) is 0 Å². The molecule has 9 atom stereocenters. The van der Waals surface area contributed by atoms with E-state index in [1.54, 1.807) is 33.2 Å². The van der Waals surface area contributed by atoms with E-state index in [0.29, 0.717) is 19.6 Å². The fourth-order valence-corrected chi connectivity index (χ4v) is 4.33. The average molecular weight is 576 g/mol. The van der Waals surface area contributed by atoms with Crippen LogP contribution in [0, 0.1) is 13.2 Å². The van der Waals surface area contributed by atoms with Crippen LogP contribution in [-0.2, 0) is 35.1 Å². The number of nitrogens with zero attached hydrogens (tertiary/aromatic N) is 1. The van der Waals surface area contributed by atoms with E-state index in [0.717, 1.165) is 11.1 Å². The van der Waals surface area contributed by atoms with Crippen molar-refractivity contribution < 1.29 is 59.2 Å². The van der Waals surface area contributed by atoms with Crippen LogP contribution in [0.15, 0.2) is 18.5 Å². The lowest BCUT2D eigenvalue weighted by Crippen LogP contribution is -2.63. The first-order valence-electron chi connectivity index (χ1n) is 13.3. The number of aliphatic hydroxyl groups is 6. The molecule has 0 amide bonds. The topological polar surface area (TPSA) is 202 Å². The minimum atomic E-state index is -1.70. The van der Waals surface area contributed by atoms with Crippen LogP contribution in [0.2, 0.25) is 0 Å². The maximum atomic E-state index is 10.7. The molecule has 0 spiro atoms. The lowest BCUT2D eigenvalue weighted by atomic mass is 9.96. The molecule has 0 aromatic carbocycles. The second kappa shape index (κ2) is 15.2. The van der Waals surface area contributed by atoms with E-state index in [1.807, 2.05) is 13.0 Å². The molecular formula is C26H43N2O12. The molecule has 1 aromatic heterocycles. The number of hydrogen-bond acceptors (Lipinski definition) is 14. The zero-order valence-corrected chi connectivity index (χ0v) is 23.3. The van der Waals surface area contributed by atoms with E-state index >= 15 is 0 Å². The summed E-state index contributed by atoms with van der Waals surface area (Å²) >= 11 is 0. The summed E-state index contributed by atoms with van der Waals surface area (Å²) in [5, 5.41) is 62.2. The quantitative estimate of drug-likeness (QED) is 0.105. The summed E-state index contributed by atoms with van der Waals surface area (Å²) in [6, 6.07) is 1.96. The van der Waals surface area contributed by atoms with E-state index in [2.05, 4.69) is 10.5 Å². The number of hydrogen-bond donors (Lipinski definition) is 7. The van der Waals surface area contributed by atoms with Gasteiger partial charge in [0.05, 0.1) is 32.0 Å². The van der Waals surface area contributed by atoms with Crippen molar-refractivity contribution in [3.63, 3.8) is 0 Å². The highest BCUT2D eigenvalue weighted by Crippen LogP contribution is 2.34. The minimum Gasteiger partial charge on any atom is -0.394 e. The van der Waals surface area contributed by atoms with Crippen molar-refractivity contribution in [1.29, 1.82) is 0 Å². The Morgan fingerprint density at radius 3 is 2.35 bits per heavy atom. The number of aromatic nitrogens is 1. The Morgan fingerprint density at radius 2 is 1.70 bits per heavy atom. The van der Waals surface area contributed by atoms with Crippen LogP contribution in [0.25, 0.3) is 0 Å². The van der Waals surface area contributed by atoms with Crippen molar-refractivity contribution in [2.24, 2.45) is 0 Å². The van der Waals surface area contributed by atoms with Crippen molar-refractivity contribution in [3.8, 4) is 0 Å². The Bertz CT molecular complexity index is 885. The largest absolute Gasteiger partial charge is 0.394 e. The van der Waals surface area contributed by atoms with Crippen molar-refractivity contribution in [2.75, 3.05) is 26.4 Å². The molecule has 0 bridgehead atoms. The molecule has 229 valence electrons. The molecule has 3 rings (SSSR count). The summed E-state index contributed by atoms with van der Waals surface area (Å²) in [7, 11) is 0. The van der Waals surface area contributed by atoms with E-state index in [9.17, 15) is 30.6 Å². The van der Waals surface area contributed by atoms with E-state index in [4.69, 9.17) is 28.5 Å². The summed E-state index contributed by atoms with van der Waals surface area (Å²) in [5.41, 5.74) is 4.05. The van der Waals surface area contributed by atoms with Gasteiger partial charge in [-0.25, -0.2) is 5.48 Å². The van der Waals surface area contributed by atoms with Gasteiger partial charge in [0.2, 0.25) is 0 Å². The smallest absolute Gasteiger partial charge is 0.257 e. The Kier molecular flexibility index (Phi) is 12.6. The summed E-state index contributed by atoms with van der Waals surface area (Å²) in [4.78, 5) is 9.49. The lowest BCUT2D eigenvalue weighted by Gasteiger charge is -2.46. The van der Waals surface area contributed by atoms with Crippen molar-refractivity contribution >= 4 is 0 Å². The zero-order valence-electron chi connectivity index (χ0n) is 23.3. The van der Waals surface area contributed by atoms with Crippen LogP contribution >= 0.6 is 0 Å². The molecule has 1 radical (unpaired) electrons. The Labute approximate surface area is 233 Å². The molecule has 14 heteroatoms. The predicted octanol–water partition coefficient (Wildman–Crippen LogP) is -1.57. The number of rotatable bonds is 13. The van der Waals surface area contributed by atoms with Crippen LogP contribution in [0.5, 0.6) is 0 Å². The third-order valence-electron chi connectivity index (χ3n) is 6.26. The van der Waals surface area contributed by atoms with Gasteiger partial charge in [-0.05, 0) is 45.2 Å². The maximum Gasteiger partial charge on any atom is 0.257 e. The van der Waals surface area contributed by atoms with Crippen molar-refractivity contribution in [2.45, 2.75) is 101 Å². The predicted molar refractivity (Wildman–Crippen MR) is 137 cm³/mol. The van der Waals surface area contributed by atoms with Crippen LogP contribution in [0.4, 0.5) is 0 Å². The summed E-state index contributed by atoms with van der Waals surface area (Å²) in [6.45, 7) is 6.89. The number of ether oxygens (including phenoxy) is 5. The SMILES string of the molecule is Cc1cncc(CONCCCO[C@H]2OC(CO)[C@@H](O[C]3OC(CO)[C@@H](OC(C)(C)C)[C@@H](O)C3O)[C@@H](O)C2O)c1. The molecule has 0 aliphatic carbocycles. The van der Waals surface area contributed by atoms with Crippen LogP contribution in [0.1, 0.15) is 38.3 Å². The Morgan fingerprint density at radius 1 is 0.975 bits per heavy atom. The first kappa shape index (κ1) is 33.1. The second-order valence-corrected chi connectivity index (χ2v) is 10.9. The van der Waals surface area contributed by atoms with E-state index in [-0.39, 0.29) is 6.61 Å².